The Morgan fingerprint density at radius 2 is 2.15 bits per heavy atom. The van der Waals surface area contributed by atoms with E-state index in [1.807, 2.05) is 23.6 Å². The molecule has 0 fully saturated rings. The van der Waals surface area contributed by atoms with Crippen LogP contribution in [0.2, 0.25) is 0 Å². The van der Waals surface area contributed by atoms with Crippen LogP contribution >= 0.6 is 11.3 Å². The summed E-state index contributed by atoms with van der Waals surface area (Å²) >= 11 is 1.57. The SMILES string of the molecule is CC(O)CNC(=O)Cc1csc(Cc2ccccc2)n1. The second kappa shape index (κ2) is 7.17. The molecule has 4 nitrogen and oxygen atoms in total. The predicted octanol–water partition coefficient (Wildman–Crippen LogP) is 1.77. The van der Waals surface area contributed by atoms with Gasteiger partial charge in [0.25, 0.3) is 0 Å². The molecule has 0 saturated heterocycles. The number of aliphatic hydroxyl groups excluding tert-OH is 1. The summed E-state index contributed by atoms with van der Waals surface area (Å²) in [6.45, 7) is 1.92. The number of amides is 1. The Kier molecular flexibility index (Phi) is 5.26. The molecule has 2 aromatic rings. The van der Waals surface area contributed by atoms with Gasteiger partial charge in [0.15, 0.2) is 0 Å². The highest BCUT2D eigenvalue weighted by Gasteiger charge is 2.08. The van der Waals surface area contributed by atoms with Crippen molar-refractivity contribution in [2.45, 2.75) is 25.9 Å². The van der Waals surface area contributed by atoms with Gasteiger partial charge in [-0.15, -0.1) is 11.3 Å². The average Bonchev–Trinajstić information content (AvgIpc) is 2.85. The quantitative estimate of drug-likeness (QED) is 0.852. The third-order valence-electron chi connectivity index (χ3n) is 2.73. The monoisotopic (exact) mass is 290 g/mol. The molecule has 1 aromatic carbocycles. The van der Waals surface area contributed by atoms with Crippen LogP contribution in [0.25, 0.3) is 0 Å². The van der Waals surface area contributed by atoms with E-state index in [1.165, 1.54) is 5.56 Å². The van der Waals surface area contributed by atoms with E-state index in [0.29, 0.717) is 0 Å². The van der Waals surface area contributed by atoms with Gasteiger partial charge in [0, 0.05) is 18.3 Å². The van der Waals surface area contributed by atoms with Crippen LogP contribution in [0.5, 0.6) is 0 Å². The molecule has 1 amide bonds. The first-order chi connectivity index (χ1) is 9.63. The van der Waals surface area contributed by atoms with Gasteiger partial charge in [-0.3, -0.25) is 4.79 Å². The van der Waals surface area contributed by atoms with E-state index in [-0.39, 0.29) is 18.9 Å². The standard InChI is InChI=1S/C15H18N2O2S/c1-11(18)9-16-14(19)8-13-10-20-15(17-13)7-12-5-3-2-4-6-12/h2-6,10-11,18H,7-9H2,1H3,(H,16,19). The molecule has 0 aliphatic rings. The molecule has 1 heterocycles. The van der Waals surface area contributed by atoms with E-state index in [2.05, 4.69) is 22.4 Å². The number of rotatable bonds is 6. The number of thiazole rings is 1. The van der Waals surface area contributed by atoms with Crippen molar-refractivity contribution >= 4 is 17.2 Å². The van der Waals surface area contributed by atoms with Crippen molar-refractivity contribution in [3.63, 3.8) is 0 Å². The number of aliphatic hydroxyl groups is 1. The third kappa shape index (κ3) is 4.75. The lowest BCUT2D eigenvalue weighted by molar-refractivity contribution is -0.120. The largest absolute Gasteiger partial charge is 0.392 e. The van der Waals surface area contributed by atoms with Gasteiger partial charge < -0.3 is 10.4 Å². The van der Waals surface area contributed by atoms with E-state index in [9.17, 15) is 4.79 Å². The van der Waals surface area contributed by atoms with Crippen LogP contribution in [-0.2, 0) is 17.6 Å². The van der Waals surface area contributed by atoms with Crippen molar-refractivity contribution in [1.82, 2.24) is 10.3 Å². The van der Waals surface area contributed by atoms with Gasteiger partial charge in [-0.2, -0.15) is 0 Å². The summed E-state index contributed by atoms with van der Waals surface area (Å²) in [5.74, 6) is -0.109. The molecule has 1 aromatic heterocycles. The number of nitrogens with one attached hydrogen (secondary N) is 1. The maximum atomic E-state index is 11.6. The van der Waals surface area contributed by atoms with E-state index in [4.69, 9.17) is 5.11 Å². The summed E-state index contributed by atoms with van der Waals surface area (Å²) in [4.78, 5) is 16.1. The van der Waals surface area contributed by atoms with Crippen LogP contribution in [-0.4, -0.2) is 28.6 Å². The van der Waals surface area contributed by atoms with Crippen LogP contribution in [0.4, 0.5) is 0 Å². The van der Waals surface area contributed by atoms with Crippen LogP contribution in [0.15, 0.2) is 35.7 Å². The summed E-state index contributed by atoms with van der Waals surface area (Å²) in [6, 6.07) is 10.1. The molecular formula is C15H18N2O2S. The zero-order valence-electron chi connectivity index (χ0n) is 11.4. The molecule has 2 N–H and O–H groups in total. The number of aromatic nitrogens is 1. The summed E-state index contributed by atoms with van der Waals surface area (Å²) in [7, 11) is 0. The van der Waals surface area contributed by atoms with E-state index in [1.54, 1.807) is 18.3 Å². The smallest absolute Gasteiger partial charge is 0.226 e. The Morgan fingerprint density at radius 1 is 1.40 bits per heavy atom. The van der Waals surface area contributed by atoms with Crippen molar-refractivity contribution in [2.24, 2.45) is 0 Å². The van der Waals surface area contributed by atoms with Crippen molar-refractivity contribution in [2.75, 3.05) is 6.54 Å². The Bertz CT molecular complexity index is 552. The highest BCUT2D eigenvalue weighted by molar-refractivity contribution is 7.09. The minimum absolute atomic E-state index is 0.109. The summed E-state index contributed by atoms with van der Waals surface area (Å²) in [5.41, 5.74) is 2.00. The van der Waals surface area contributed by atoms with Gasteiger partial charge in [0.2, 0.25) is 5.91 Å². The molecule has 0 bridgehead atoms. The summed E-state index contributed by atoms with van der Waals surface area (Å²) in [6.07, 6.45) is 0.529. The average molecular weight is 290 g/mol. The fourth-order valence-electron chi connectivity index (χ4n) is 1.77. The van der Waals surface area contributed by atoms with Crippen molar-refractivity contribution in [1.29, 1.82) is 0 Å². The van der Waals surface area contributed by atoms with Gasteiger partial charge in [0.1, 0.15) is 0 Å². The minimum Gasteiger partial charge on any atom is -0.392 e. The van der Waals surface area contributed by atoms with E-state index < -0.39 is 6.10 Å². The van der Waals surface area contributed by atoms with Crippen LogP contribution in [0.3, 0.4) is 0 Å². The zero-order chi connectivity index (χ0) is 14.4. The van der Waals surface area contributed by atoms with E-state index in [0.717, 1.165) is 17.1 Å². The Balaban J connectivity index is 1.87. The maximum Gasteiger partial charge on any atom is 0.226 e. The Morgan fingerprint density at radius 3 is 2.85 bits per heavy atom. The predicted molar refractivity (Wildman–Crippen MR) is 79.8 cm³/mol. The van der Waals surface area contributed by atoms with Gasteiger partial charge in [-0.25, -0.2) is 4.98 Å². The number of nitrogens with zero attached hydrogens (tertiary/aromatic N) is 1. The number of carbonyl (C=O) groups is 1. The molecule has 106 valence electrons. The second-order valence-electron chi connectivity index (χ2n) is 4.72. The van der Waals surface area contributed by atoms with Crippen molar-refractivity contribution in [3.8, 4) is 0 Å². The van der Waals surface area contributed by atoms with Crippen LogP contribution < -0.4 is 5.32 Å². The maximum absolute atomic E-state index is 11.6. The fraction of sp³-hybridized carbons (Fsp3) is 0.333. The van der Waals surface area contributed by atoms with Gasteiger partial charge >= 0.3 is 0 Å². The van der Waals surface area contributed by atoms with Crippen molar-refractivity contribution in [3.05, 3.63) is 52.0 Å². The molecule has 5 heteroatoms. The molecule has 1 unspecified atom stereocenters. The fourth-order valence-corrected chi connectivity index (χ4v) is 2.60. The second-order valence-corrected chi connectivity index (χ2v) is 5.67. The molecule has 0 aliphatic heterocycles. The number of carbonyl (C=O) groups excluding carboxylic acids is 1. The van der Waals surface area contributed by atoms with Crippen LogP contribution in [0, 0.1) is 0 Å². The number of hydrogen-bond donors (Lipinski definition) is 2. The molecule has 0 aliphatic carbocycles. The molecule has 0 radical (unpaired) electrons. The third-order valence-corrected chi connectivity index (χ3v) is 3.63. The molecule has 0 saturated carbocycles. The lowest BCUT2D eigenvalue weighted by Crippen LogP contribution is -2.31. The minimum atomic E-state index is -0.525. The van der Waals surface area contributed by atoms with Crippen molar-refractivity contribution < 1.29 is 9.90 Å². The number of benzene rings is 1. The van der Waals surface area contributed by atoms with Gasteiger partial charge in [0.05, 0.1) is 23.2 Å². The molecule has 1 atom stereocenters. The van der Waals surface area contributed by atoms with Gasteiger partial charge in [-0.1, -0.05) is 30.3 Å². The van der Waals surface area contributed by atoms with E-state index >= 15 is 0 Å². The summed E-state index contributed by atoms with van der Waals surface area (Å²) < 4.78 is 0. The number of hydrogen-bond acceptors (Lipinski definition) is 4. The lowest BCUT2D eigenvalue weighted by Gasteiger charge is -2.05. The molecule has 0 spiro atoms. The Hall–Kier alpha value is -1.72. The highest BCUT2D eigenvalue weighted by Crippen LogP contribution is 2.15. The highest BCUT2D eigenvalue weighted by atomic mass is 32.1. The van der Waals surface area contributed by atoms with Gasteiger partial charge in [-0.05, 0) is 12.5 Å². The lowest BCUT2D eigenvalue weighted by atomic mass is 10.2. The molecular weight excluding hydrogens is 272 g/mol. The Labute approximate surface area is 122 Å². The first-order valence-electron chi connectivity index (χ1n) is 6.55. The zero-order valence-corrected chi connectivity index (χ0v) is 12.2. The normalized spacial score (nSPS) is 12.1. The molecule has 20 heavy (non-hydrogen) atoms. The first kappa shape index (κ1) is 14.7. The summed E-state index contributed by atoms with van der Waals surface area (Å²) in [5, 5.41) is 14.7. The topological polar surface area (TPSA) is 62.2 Å². The molecule has 2 rings (SSSR count). The first-order valence-corrected chi connectivity index (χ1v) is 7.43. The van der Waals surface area contributed by atoms with Crippen LogP contribution in [0.1, 0.15) is 23.2 Å².